The highest BCUT2D eigenvalue weighted by Crippen LogP contribution is 2.20. The van der Waals surface area contributed by atoms with E-state index >= 15 is 0 Å². The second kappa shape index (κ2) is 8.35. The van der Waals surface area contributed by atoms with Crippen LogP contribution in [-0.2, 0) is 0 Å². The van der Waals surface area contributed by atoms with E-state index in [0.29, 0.717) is 4.99 Å². The second-order valence-electron chi connectivity index (χ2n) is 5.71. The molecule has 1 aliphatic heterocycles. The number of nitrogens with zero attached hydrogens (tertiary/aromatic N) is 1. The van der Waals surface area contributed by atoms with Crippen LogP contribution in [0.2, 0.25) is 0 Å². The van der Waals surface area contributed by atoms with Crippen molar-refractivity contribution >= 4 is 17.2 Å². The molecule has 0 saturated carbocycles. The van der Waals surface area contributed by atoms with E-state index in [2.05, 4.69) is 11.8 Å². The third kappa shape index (κ3) is 4.97. The zero-order valence-electron chi connectivity index (χ0n) is 12.9. The van der Waals surface area contributed by atoms with Crippen LogP contribution in [0.4, 0.5) is 0 Å². The van der Waals surface area contributed by atoms with Gasteiger partial charge in [-0.3, -0.25) is 4.90 Å². The molecule has 1 saturated heterocycles. The summed E-state index contributed by atoms with van der Waals surface area (Å²) in [6.07, 6.45) is 6.62. The van der Waals surface area contributed by atoms with Crippen LogP contribution in [0.5, 0.6) is 5.75 Å². The summed E-state index contributed by atoms with van der Waals surface area (Å²) in [4.78, 5) is 3.02. The molecule has 0 spiro atoms. The number of nitrogens with two attached hydrogens (primary N) is 1. The fraction of sp³-hybridized carbons (Fsp3) is 0.588. The molecule has 1 heterocycles. The normalized spacial score (nSPS) is 19.4. The lowest BCUT2D eigenvalue weighted by molar-refractivity contribution is 0.116. The molecule has 1 aromatic carbocycles. The van der Waals surface area contributed by atoms with Crippen LogP contribution < -0.4 is 10.5 Å². The van der Waals surface area contributed by atoms with Crippen molar-refractivity contribution in [3.05, 3.63) is 29.8 Å². The summed E-state index contributed by atoms with van der Waals surface area (Å²) in [5.41, 5.74) is 6.47. The summed E-state index contributed by atoms with van der Waals surface area (Å²) in [6.45, 7) is 5.25. The Balaban J connectivity index is 1.78. The Bertz CT molecular complexity index is 445. The standard InChI is InChI=1S/C17H26N2OS/c1-2-5-15-6-3-4-11-19(15)12-13-20-16-9-7-14(8-10-16)17(18)21/h7-10,15H,2-6,11-13H2,1H3,(H2,18,21). The third-order valence-electron chi connectivity index (χ3n) is 4.16. The van der Waals surface area contributed by atoms with Gasteiger partial charge in [-0.25, -0.2) is 0 Å². The van der Waals surface area contributed by atoms with E-state index in [1.165, 1.54) is 38.6 Å². The van der Waals surface area contributed by atoms with Crippen molar-refractivity contribution in [2.75, 3.05) is 19.7 Å². The monoisotopic (exact) mass is 306 g/mol. The van der Waals surface area contributed by atoms with E-state index in [0.717, 1.165) is 30.5 Å². The van der Waals surface area contributed by atoms with E-state index in [9.17, 15) is 0 Å². The van der Waals surface area contributed by atoms with Crippen LogP contribution in [0.25, 0.3) is 0 Å². The molecule has 1 atom stereocenters. The molecular formula is C17H26N2OS. The van der Waals surface area contributed by atoms with Gasteiger partial charge in [-0.05, 0) is 50.1 Å². The first-order chi connectivity index (χ1) is 10.2. The van der Waals surface area contributed by atoms with Gasteiger partial charge in [0.2, 0.25) is 0 Å². The first kappa shape index (κ1) is 16.2. The molecule has 21 heavy (non-hydrogen) atoms. The average Bonchev–Trinajstić information content (AvgIpc) is 2.50. The van der Waals surface area contributed by atoms with Gasteiger partial charge in [0.25, 0.3) is 0 Å². The van der Waals surface area contributed by atoms with Gasteiger partial charge in [0.05, 0.1) is 0 Å². The van der Waals surface area contributed by atoms with Crippen molar-refractivity contribution in [1.29, 1.82) is 0 Å². The van der Waals surface area contributed by atoms with Crippen LogP contribution in [0.3, 0.4) is 0 Å². The highest BCUT2D eigenvalue weighted by molar-refractivity contribution is 7.80. The van der Waals surface area contributed by atoms with Gasteiger partial charge in [-0.2, -0.15) is 0 Å². The average molecular weight is 306 g/mol. The maximum absolute atomic E-state index is 5.84. The van der Waals surface area contributed by atoms with Crippen molar-refractivity contribution < 1.29 is 4.74 Å². The number of hydrogen-bond donors (Lipinski definition) is 1. The third-order valence-corrected chi connectivity index (χ3v) is 4.39. The Hall–Kier alpha value is -1.13. The molecule has 1 aliphatic rings. The van der Waals surface area contributed by atoms with Gasteiger partial charge in [0.1, 0.15) is 17.3 Å². The summed E-state index contributed by atoms with van der Waals surface area (Å²) in [6, 6.07) is 8.46. The number of ether oxygens (including phenoxy) is 1. The van der Waals surface area contributed by atoms with Crippen molar-refractivity contribution in [1.82, 2.24) is 4.90 Å². The van der Waals surface area contributed by atoms with Crippen LogP contribution in [0.15, 0.2) is 24.3 Å². The highest BCUT2D eigenvalue weighted by Gasteiger charge is 2.20. The van der Waals surface area contributed by atoms with Crippen LogP contribution >= 0.6 is 12.2 Å². The molecule has 1 unspecified atom stereocenters. The van der Waals surface area contributed by atoms with Crippen molar-refractivity contribution in [3.63, 3.8) is 0 Å². The minimum absolute atomic E-state index is 0.428. The van der Waals surface area contributed by atoms with Gasteiger partial charge in [0, 0.05) is 18.2 Å². The molecular weight excluding hydrogens is 280 g/mol. The predicted octanol–water partition coefficient (Wildman–Crippen LogP) is 3.35. The maximum Gasteiger partial charge on any atom is 0.119 e. The molecule has 0 radical (unpaired) electrons. The van der Waals surface area contributed by atoms with Gasteiger partial charge in [0.15, 0.2) is 0 Å². The molecule has 3 nitrogen and oxygen atoms in total. The molecule has 0 bridgehead atoms. The van der Waals surface area contributed by atoms with Crippen molar-refractivity contribution in [2.24, 2.45) is 5.73 Å². The van der Waals surface area contributed by atoms with Crippen LogP contribution in [0.1, 0.15) is 44.6 Å². The van der Waals surface area contributed by atoms with Gasteiger partial charge in [-0.15, -0.1) is 0 Å². The smallest absolute Gasteiger partial charge is 0.119 e. The molecule has 0 aromatic heterocycles. The number of rotatable bonds is 7. The lowest BCUT2D eigenvalue weighted by Gasteiger charge is -2.35. The first-order valence-electron chi connectivity index (χ1n) is 7.97. The Labute approximate surface area is 133 Å². The molecule has 0 amide bonds. The Morgan fingerprint density at radius 2 is 2.10 bits per heavy atom. The number of thiocarbonyl (C=S) groups is 1. The van der Waals surface area contributed by atoms with Crippen molar-refractivity contribution in [3.8, 4) is 5.75 Å². The highest BCUT2D eigenvalue weighted by atomic mass is 32.1. The lowest BCUT2D eigenvalue weighted by Crippen LogP contribution is -2.41. The fourth-order valence-electron chi connectivity index (χ4n) is 3.01. The Morgan fingerprint density at radius 3 is 2.76 bits per heavy atom. The second-order valence-corrected chi connectivity index (χ2v) is 6.15. The van der Waals surface area contributed by atoms with Crippen molar-refractivity contribution in [2.45, 2.75) is 45.1 Å². The van der Waals surface area contributed by atoms with E-state index < -0.39 is 0 Å². The molecule has 4 heteroatoms. The van der Waals surface area contributed by atoms with Crippen LogP contribution in [-0.4, -0.2) is 35.6 Å². The zero-order chi connectivity index (χ0) is 15.1. The number of likely N-dealkylation sites (tertiary alicyclic amines) is 1. The molecule has 0 aliphatic carbocycles. The Kier molecular flexibility index (Phi) is 6.46. The molecule has 1 fully saturated rings. The van der Waals surface area contributed by atoms with Gasteiger partial charge in [-0.1, -0.05) is 32.0 Å². The lowest BCUT2D eigenvalue weighted by atomic mass is 9.98. The predicted molar refractivity (Wildman–Crippen MR) is 91.9 cm³/mol. The summed E-state index contributed by atoms with van der Waals surface area (Å²) in [7, 11) is 0. The van der Waals surface area contributed by atoms with E-state index in [1.807, 2.05) is 24.3 Å². The number of benzene rings is 1. The molecule has 1 aromatic rings. The summed E-state index contributed by atoms with van der Waals surface area (Å²) in [5, 5.41) is 0. The van der Waals surface area contributed by atoms with E-state index in [4.69, 9.17) is 22.7 Å². The summed E-state index contributed by atoms with van der Waals surface area (Å²) >= 11 is 4.95. The molecule has 2 rings (SSSR count). The van der Waals surface area contributed by atoms with E-state index in [-0.39, 0.29) is 0 Å². The summed E-state index contributed by atoms with van der Waals surface area (Å²) in [5.74, 6) is 0.888. The fourth-order valence-corrected chi connectivity index (χ4v) is 3.15. The Morgan fingerprint density at radius 1 is 1.33 bits per heavy atom. The molecule has 2 N–H and O–H groups in total. The first-order valence-corrected chi connectivity index (χ1v) is 8.38. The largest absolute Gasteiger partial charge is 0.492 e. The van der Waals surface area contributed by atoms with Gasteiger partial charge < -0.3 is 10.5 Å². The van der Waals surface area contributed by atoms with E-state index in [1.54, 1.807) is 0 Å². The van der Waals surface area contributed by atoms with Gasteiger partial charge >= 0.3 is 0 Å². The number of piperidine rings is 1. The quantitative estimate of drug-likeness (QED) is 0.784. The molecule has 116 valence electrons. The van der Waals surface area contributed by atoms with Crippen LogP contribution in [0, 0.1) is 0 Å². The maximum atomic E-state index is 5.84. The summed E-state index contributed by atoms with van der Waals surface area (Å²) < 4.78 is 5.84. The minimum Gasteiger partial charge on any atom is -0.492 e. The minimum atomic E-state index is 0.428. The number of hydrogen-bond acceptors (Lipinski definition) is 3. The SMILES string of the molecule is CCCC1CCCCN1CCOc1ccc(C(N)=S)cc1. The topological polar surface area (TPSA) is 38.5 Å². The zero-order valence-corrected chi connectivity index (χ0v) is 13.7.